The molecule has 196 valence electrons. The van der Waals surface area contributed by atoms with Gasteiger partial charge in [-0.2, -0.15) is 0 Å². The van der Waals surface area contributed by atoms with Gasteiger partial charge in [0.25, 0.3) is 5.91 Å². The molecule has 3 N–H and O–H groups in total. The maximum absolute atomic E-state index is 13.0. The summed E-state index contributed by atoms with van der Waals surface area (Å²) in [6.45, 7) is 3.49. The third-order valence-electron chi connectivity index (χ3n) is 6.30. The maximum atomic E-state index is 13.0. The minimum Gasteiger partial charge on any atom is -0.337 e. The van der Waals surface area contributed by atoms with Crippen molar-refractivity contribution in [2.24, 2.45) is 0 Å². The highest BCUT2D eigenvalue weighted by Gasteiger charge is 2.35. The Morgan fingerprint density at radius 1 is 0.821 bits per heavy atom. The van der Waals surface area contributed by atoms with E-state index in [1.165, 1.54) is 0 Å². The Morgan fingerprint density at radius 3 is 2.08 bits per heavy atom. The van der Waals surface area contributed by atoms with Gasteiger partial charge < -0.3 is 20.5 Å². The minimum absolute atomic E-state index is 0.0514. The molecule has 0 aliphatic carbocycles. The monoisotopic (exact) mass is 521 g/mol. The van der Waals surface area contributed by atoms with E-state index in [0.29, 0.717) is 16.9 Å². The van der Waals surface area contributed by atoms with Crippen molar-refractivity contribution >= 4 is 52.1 Å². The number of aromatic nitrogens is 1. The number of aryl methyl sites for hydroxylation is 2. The van der Waals surface area contributed by atoms with E-state index in [9.17, 15) is 19.2 Å². The molecule has 9 heteroatoms. The van der Waals surface area contributed by atoms with Gasteiger partial charge >= 0.3 is 6.03 Å². The van der Waals surface area contributed by atoms with Crippen molar-refractivity contribution < 1.29 is 19.2 Å². The van der Waals surface area contributed by atoms with Crippen LogP contribution in [0.5, 0.6) is 0 Å². The average Bonchev–Trinajstić information content (AvgIpc) is 3.35. The van der Waals surface area contributed by atoms with Gasteiger partial charge in [0.05, 0.1) is 0 Å². The van der Waals surface area contributed by atoms with E-state index in [1.807, 2.05) is 74.5 Å². The van der Waals surface area contributed by atoms with E-state index in [1.54, 1.807) is 29.0 Å². The lowest BCUT2D eigenvalue weighted by atomic mass is 10.1. The largest absolute Gasteiger partial charge is 0.337 e. The number of nitrogens with one attached hydrogen (secondary N) is 3. The van der Waals surface area contributed by atoms with Crippen LogP contribution >= 0.6 is 0 Å². The highest BCUT2D eigenvalue weighted by atomic mass is 16.2. The second-order valence-electron chi connectivity index (χ2n) is 9.44. The molecule has 0 atom stereocenters. The molecule has 4 aromatic rings. The van der Waals surface area contributed by atoms with Gasteiger partial charge in [0, 0.05) is 34.0 Å². The van der Waals surface area contributed by atoms with Gasteiger partial charge in [-0.1, -0.05) is 42.5 Å². The van der Waals surface area contributed by atoms with Crippen molar-refractivity contribution in [1.29, 1.82) is 0 Å². The number of fused-ring (bicyclic) bond motifs is 1. The number of nitrogens with zero attached hydrogens (tertiary/aromatic N) is 2. The number of hydrogen-bond donors (Lipinski definition) is 3. The molecule has 1 aliphatic heterocycles. The van der Waals surface area contributed by atoms with E-state index in [0.717, 1.165) is 26.9 Å². The predicted molar refractivity (Wildman–Crippen MR) is 150 cm³/mol. The molecule has 0 spiro atoms. The van der Waals surface area contributed by atoms with Crippen LogP contribution in [0.15, 0.2) is 84.7 Å². The third-order valence-corrected chi connectivity index (χ3v) is 6.30. The van der Waals surface area contributed by atoms with Crippen LogP contribution in [0.2, 0.25) is 0 Å². The Balaban J connectivity index is 1.33. The summed E-state index contributed by atoms with van der Waals surface area (Å²) in [5.74, 6) is -1.29. The number of anilines is 2. The molecule has 2 heterocycles. The molecular weight excluding hydrogens is 494 g/mol. The van der Waals surface area contributed by atoms with Crippen molar-refractivity contribution in [3.63, 3.8) is 0 Å². The van der Waals surface area contributed by atoms with Gasteiger partial charge in [-0.15, -0.1) is 0 Å². The number of rotatable bonds is 7. The molecule has 1 aliphatic rings. The fraction of sp³-hybridized carbons (Fsp3) is 0.133. The summed E-state index contributed by atoms with van der Waals surface area (Å²) in [5, 5.41) is 8.99. The zero-order valence-electron chi connectivity index (χ0n) is 21.5. The first-order valence-corrected chi connectivity index (χ1v) is 12.4. The van der Waals surface area contributed by atoms with Gasteiger partial charge in [-0.05, 0) is 61.4 Å². The summed E-state index contributed by atoms with van der Waals surface area (Å²) in [6.07, 6.45) is 3.33. The lowest BCUT2D eigenvalue weighted by molar-refractivity contribution is -0.127. The number of urea groups is 1. The quantitative estimate of drug-likeness (QED) is 0.247. The summed E-state index contributed by atoms with van der Waals surface area (Å²) >= 11 is 0. The van der Waals surface area contributed by atoms with Crippen LogP contribution < -0.4 is 16.0 Å². The van der Waals surface area contributed by atoms with Gasteiger partial charge in [-0.3, -0.25) is 14.4 Å². The van der Waals surface area contributed by atoms with Crippen LogP contribution in [0.25, 0.3) is 17.0 Å². The SMILES string of the molecule is Cc1cccc(NC(=O)CN2C(=O)N/C(=C\c3cn(CC(=O)Nc4cccc(C)c4)c4ccccc34)C2=O)c1. The molecule has 0 saturated carbocycles. The molecule has 1 fully saturated rings. The minimum atomic E-state index is -0.674. The molecule has 5 rings (SSSR count). The highest BCUT2D eigenvalue weighted by molar-refractivity contribution is 6.16. The van der Waals surface area contributed by atoms with Crippen LogP contribution in [0.1, 0.15) is 16.7 Å². The Labute approximate surface area is 225 Å². The highest BCUT2D eigenvalue weighted by Crippen LogP contribution is 2.25. The molecule has 1 saturated heterocycles. The maximum Gasteiger partial charge on any atom is 0.329 e. The summed E-state index contributed by atoms with van der Waals surface area (Å²) in [7, 11) is 0. The zero-order chi connectivity index (χ0) is 27.5. The average molecular weight is 522 g/mol. The number of imide groups is 1. The number of carbonyl (C=O) groups is 4. The zero-order valence-corrected chi connectivity index (χ0v) is 21.5. The molecule has 1 aromatic heterocycles. The first-order chi connectivity index (χ1) is 18.8. The lowest BCUT2D eigenvalue weighted by Gasteiger charge is -2.12. The molecule has 3 aromatic carbocycles. The van der Waals surface area contributed by atoms with Gasteiger partial charge in [0.2, 0.25) is 11.8 Å². The van der Waals surface area contributed by atoms with Gasteiger partial charge in [0.1, 0.15) is 18.8 Å². The summed E-state index contributed by atoms with van der Waals surface area (Å²) in [5.41, 5.74) is 4.82. The molecule has 9 nitrogen and oxygen atoms in total. The Kier molecular flexibility index (Phi) is 6.96. The molecule has 5 amide bonds. The Morgan fingerprint density at radius 2 is 1.44 bits per heavy atom. The van der Waals surface area contributed by atoms with Crippen molar-refractivity contribution in [3.05, 3.63) is 101 Å². The number of benzene rings is 3. The number of para-hydroxylation sites is 1. The fourth-order valence-electron chi connectivity index (χ4n) is 4.54. The molecule has 0 bridgehead atoms. The molecule has 0 radical (unpaired) electrons. The van der Waals surface area contributed by atoms with E-state index in [2.05, 4.69) is 16.0 Å². The molecular formula is C30H27N5O4. The lowest BCUT2D eigenvalue weighted by Crippen LogP contribution is -2.38. The molecule has 39 heavy (non-hydrogen) atoms. The van der Waals surface area contributed by atoms with E-state index in [4.69, 9.17) is 0 Å². The topological polar surface area (TPSA) is 113 Å². The van der Waals surface area contributed by atoms with Crippen molar-refractivity contribution in [3.8, 4) is 0 Å². The predicted octanol–water partition coefficient (Wildman–Crippen LogP) is 4.43. The number of hydrogen-bond acceptors (Lipinski definition) is 4. The second-order valence-corrected chi connectivity index (χ2v) is 9.44. The van der Waals surface area contributed by atoms with Gasteiger partial charge in [0.15, 0.2) is 0 Å². The van der Waals surface area contributed by atoms with Crippen LogP contribution in [-0.4, -0.2) is 39.8 Å². The standard InChI is InChI=1S/C30H27N5O4/c1-19-7-5-9-22(13-19)31-27(36)17-34-16-21(24-11-3-4-12-26(24)34)15-25-29(38)35(30(39)33-25)18-28(37)32-23-10-6-8-20(2)14-23/h3-16H,17-18H2,1-2H3,(H,31,36)(H,32,37)(H,33,39)/b25-15-. The van der Waals surface area contributed by atoms with Crippen LogP contribution in [-0.2, 0) is 20.9 Å². The van der Waals surface area contributed by atoms with Crippen LogP contribution in [0.4, 0.5) is 16.2 Å². The van der Waals surface area contributed by atoms with Crippen LogP contribution in [0, 0.1) is 13.8 Å². The van der Waals surface area contributed by atoms with Crippen molar-refractivity contribution in [1.82, 2.24) is 14.8 Å². The Bertz CT molecular complexity index is 1650. The molecule has 0 unspecified atom stereocenters. The number of amides is 5. The smallest absolute Gasteiger partial charge is 0.329 e. The van der Waals surface area contributed by atoms with E-state index in [-0.39, 0.29) is 18.1 Å². The normalized spacial score (nSPS) is 14.1. The van der Waals surface area contributed by atoms with Crippen LogP contribution in [0.3, 0.4) is 0 Å². The fourth-order valence-corrected chi connectivity index (χ4v) is 4.54. The van der Waals surface area contributed by atoms with Gasteiger partial charge in [-0.25, -0.2) is 9.69 Å². The van der Waals surface area contributed by atoms with E-state index >= 15 is 0 Å². The van der Waals surface area contributed by atoms with Crippen molar-refractivity contribution in [2.45, 2.75) is 20.4 Å². The second kappa shape index (κ2) is 10.7. The first-order valence-electron chi connectivity index (χ1n) is 12.4. The van der Waals surface area contributed by atoms with Crippen molar-refractivity contribution in [2.75, 3.05) is 17.2 Å². The first kappa shape index (κ1) is 25.5. The Hall–Kier alpha value is -5.18. The third kappa shape index (κ3) is 5.72. The number of carbonyl (C=O) groups excluding carboxylic acids is 4. The summed E-state index contributed by atoms with van der Waals surface area (Å²) in [6, 6.07) is 21.6. The van der Waals surface area contributed by atoms with E-state index < -0.39 is 24.4 Å². The summed E-state index contributed by atoms with van der Waals surface area (Å²) < 4.78 is 1.79. The summed E-state index contributed by atoms with van der Waals surface area (Å²) in [4.78, 5) is 51.8.